The number of ether oxygens (including phenoxy) is 1. The zero-order valence-electron chi connectivity index (χ0n) is 16.3. The highest BCUT2D eigenvalue weighted by Gasteiger charge is 2.23. The quantitative estimate of drug-likeness (QED) is 0.586. The minimum absolute atomic E-state index is 0.229. The number of nitrogens with one attached hydrogen (secondary N) is 1. The number of benzene rings is 1. The van der Waals surface area contributed by atoms with E-state index in [9.17, 15) is 4.79 Å². The van der Waals surface area contributed by atoms with Crippen LogP contribution < -0.4 is 11.1 Å². The Morgan fingerprint density at radius 3 is 2.64 bits per heavy atom. The predicted molar refractivity (Wildman–Crippen MR) is 108 cm³/mol. The van der Waals surface area contributed by atoms with Crippen LogP contribution in [0.5, 0.6) is 0 Å². The maximum Gasteiger partial charge on any atom is 0.409 e. The number of piperidine rings is 1. The summed E-state index contributed by atoms with van der Waals surface area (Å²) in [6, 6.07) is 8.56. The van der Waals surface area contributed by atoms with Gasteiger partial charge in [-0.25, -0.2) is 14.8 Å². The Balaban J connectivity index is 1.42. The van der Waals surface area contributed by atoms with Crippen LogP contribution in [0.15, 0.2) is 48.0 Å². The molecule has 1 amide bonds. The lowest BCUT2D eigenvalue weighted by atomic mass is 10.1. The lowest BCUT2D eigenvalue weighted by Crippen LogP contribution is -2.48. The molecule has 2 heterocycles. The number of hydrogen-bond donors (Lipinski definition) is 2. The molecule has 1 saturated heterocycles. The van der Waals surface area contributed by atoms with Crippen molar-refractivity contribution >= 4 is 12.1 Å². The first-order valence-electron chi connectivity index (χ1n) is 9.65. The Bertz CT molecular complexity index is 765. The Labute approximate surface area is 165 Å². The second-order valence-corrected chi connectivity index (χ2v) is 6.86. The number of nitrogens with two attached hydrogens (primary N) is 1. The van der Waals surface area contributed by atoms with Gasteiger partial charge in [0.1, 0.15) is 0 Å². The van der Waals surface area contributed by atoms with E-state index in [2.05, 4.69) is 39.6 Å². The maximum absolute atomic E-state index is 11.7. The highest BCUT2D eigenvalue weighted by Crippen LogP contribution is 2.12. The molecule has 8 heteroatoms. The molecule has 1 aliphatic heterocycles. The lowest BCUT2D eigenvalue weighted by molar-refractivity contribution is 0.0963. The van der Waals surface area contributed by atoms with Crippen LogP contribution in [0.25, 0.3) is 0 Å². The fraction of sp³-hybridized carbons (Fsp3) is 0.450. The number of nitrogens with zero attached hydrogens (tertiary/aromatic N) is 4. The number of carbonyl (C=O) groups excluding carboxylic acids is 1. The molecule has 8 nitrogen and oxygen atoms in total. The monoisotopic (exact) mass is 384 g/mol. The highest BCUT2D eigenvalue weighted by molar-refractivity contribution is 5.78. The Morgan fingerprint density at radius 2 is 2.00 bits per heavy atom. The first kappa shape index (κ1) is 19.7. The van der Waals surface area contributed by atoms with Gasteiger partial charge >= 0.3 is 6.09 Å². The molecule has 0 bridgehead atoms. The average Bonchev–Trinajstić information content (AvgIpc) is 3.21. The van der Waals surface area contributed by atoms with Crippen LogP contribution in [-0.2, 0) is 17.8 Å². The van der Waals surface area contributed by atoms with Gasteiger partial charge in [0.2, 0.25) is 0 Å². The molecule has 0 atom stereocenters. The first-order valence-corrected chi connectivity index (χ1v) is 9.65. The summed E-state index contributed by atoms with van der Waals surface area (Å²) in [5, 5.41) is 3.26. The van der Waals surface area contributed by atoms with Gasteiger partial charge in [-0.3, -0.25) is 0 Å². The van der Waals surface area contributed by atoms with E-state index in [0.717, 1.165) is 24.9 Å². The van der Waals surface area contributed by atoms with Crippen LogP contribution in [0.4, 0.5) is 4.79 Å². The zero-order valence-corrected chi connectivity index (χ0v) is 16.3. The summed E-state index contributed by atoms with van der Waals surface area (Å²) in [5.41, 5.74) is 8.36. The molecule has 3 rings (SSSR count). The summed E-state index contributed by atoms with van der Waals surface area (Å²) >= 11 is 0. The number of amides is 1. The van der Waals surface area contributed by atoms with Gasteiger partial charge in [0.05, 0.1) is 19.5 Å². The Kier molecular flexibility index (Phi) is 6.89. The summed E-state index contributed by atoms with van der Waals surface area (Å²) in [6.07, 6.45) is 6.96. The van der Waals surface area contributed by atoms with E-state index in [0.29, 0.717) is 32.2 Å². The van der Waals surface area contributed by atoms with Crippen molar-refractivity contribution in [2.75, 3.05) is 19.7 Å². The SMILES string of the molecule is CCOC(=O)N1CCC(NC(N)=NCc2ccc(Cn3ccnc3)cc2)CC1. The van der Waals surface area contributed by atoms with Gasteiger partial charge in [-0.1, -0.05) is 24.3 Å². The van der Waals surface area contributed by atoms with Crippen molar-refractivity contribution in [2.45, 2.75) is 38.9 Å². The third-order valence-electron chi connectivity index (χ3n) is 4.75. The smallest absolute Gasteiger partial charge is 0.409 e. The van der Waals surface area contributed by atoms with Crippen LogP contribution in [0.1, 0.15) is 30.9 Å². The van der Waals surface area contributed by atoms with E-state index < -0.39 is 0 Å². The molecule has 2 aromatic rings. The van der Waals surface area contributed by atoms with Gasteiger partial charge in [0, 0.05) is 38.1 Å². The standard InChI is InChI=1S/C20H28N6O2/c1-2-28-20(27)26-10-7-18(8-11-26)24-19(21)23-13-16-3-5-17(6-4-16)14-25-12-9-22-15-25/h3-6,9,12,15,18H,2,7-8,10-11,13-14H2,1H3,(H3,21,23,24). The largest absolute Gasteiger partial charge is 0.450 e. The van der Waals surface area contributed by atoms with E-state index in [-0.39, 0.29) is 12.1 Å². The number of rotatable bonds is 6. The highest BCUT2D eigenvalue weighted by atomic mass is 16.6. The third-order valence-corrected chi connectivity index (χ3v) is 4.75. The number of aliphatic imine (C=N–C) groups is 1. The molecule has 150 valence electrons. The molecule has 0 spiro atoms. The maximum atomic E-state index is 11.7. The van der Waals surface area contributed by atoms with Crippen molar-refractivity contribution in [1.29, 1.82) is 0 Å². The van der Waals surface area contributed by atoms with Crippen molar-refractivity contribution in [3.8, 4) is 0 Å². The molecule has 1 aromatic heterocycles. The molecule has 28 heavy (non-hydrogen) atoms. The molecule has 0 aliphatic carbocycles. The number of aromatic nitrogens is 2. The van der Waals surface area contributed by atoms with Crippen LogP contribution in [0.3, 0.4) is 0 Å². The van der Waals surface area contributed by atoms with Gasteiger partial charge in [-0.05, 0) is 30.9 Å². The summed E-state index contributed by atoms with van der Waals surface area (Å²) < 4.78 is 7.07. The van der Waals surface area contributed by atoms with Crippen molar-refractivity contribution in [3.05, 3.63) is 54.1 Å². The Morgan fingerprint density at radius 1 is 1.29 bits per heavy atom. The van der Waals surface area contributed by atoms with E-state index in [1.165, 1.54) is 5.56 Å². The van der Waals surface area contributed by atoms with E-state index >= 15 is 0 Å². The minimum Gasteiger partial charge on any atom is -0.450 e. The topological polar surface area (TPSA) is 97.8 Å². The second kappa shape index (κ2) is 9.77. The summed E-state index contributed by atoms with van der Waals surface area (Å²) in [7, 11) is 0. The van der Waals surface area contributed by atoms with Gasteiger partial charge in [0.15, 0.2) is 5.96 Å². The molecule has 0 saturated carbocycles. The van der Waals surface area contributed by atoms with Crippen LogP contribution in [0.2, 0.25) is 0 Å². The number of guanidine groups is 1. The Hall–Kier alpha value is -3.03. The number of likely N-dealkylation sites (tertiary alicyclic amines) is 1. The van der Waals surface area contributed by atoms with E-state index in [1.54, 1.807) is 11.1 Å². The second-order valence-electron chi connectivity index (χ2n) is 6.86. The summed E-state index contributed by atoms with van der Waals surface area (Å²) in [5.74, 6) is 0.442. The fourth-order valence-electron chi connectivity index (χ4n) is 3.19. The average molecular weight is 384 g/mol. The number of carbonyl (C=O) groups is 1. The molecule has 0 radical (unpaired) electrons. The van der Waals surface area contributed by atoms with Crippen LogP contribution in [0, 0.1) is 0 Å². The summed E-state index contributed by atoms with van der Waals surface area (Å²) in [4.78, 5) is 22.0. The van der Waals surface area contributed by atoms with E-state index in [4.69, 9.17) is 10.5 Å². The summed E-state index contributed by atoms with van der Waals surface area (Å²) in [6.45, 7) is 4.89. The van der Waals surface area contributed by atoms with Gasteiger partial charge in [-0.15, -0.1) is 0 Å². The van der Waals surface area contributed by atoms with Crippen molar-refractivity contribution < 1.29 is 9.53 Å². The fourth-order valence-corrected chi connectivity index (χ4v) is 3.19. The van der Waals surface area contributed by atoms with Crippen molar-refractivity contribution in [2.24, 2.45) is 10.7 Å². The molecule has 0 unspecified atom stereocenters. The lowest BCUT2D eigenvalue weighted by Gasteiger charge is -2.31. The molecule has 3 N–H and O–H groups in total. The molecule has 1 aromatic carbocycles. The van der Waals surface area contributed by atoms with Gasteiger partial charge in [-0.2, -0.15) is 0 Å². The zero-order chi connectivity index (χ0) is 19.8. The molecular weight excluding hydrogens is 356 g/mol. The molecule has 1 fully saturated rings. The van der Waals surface area contributed by atoms with Crippen molar-refractivity contribution in [3.63, 3.8) is 0 Å². The molecular formula is C20H28N6O2. The molecule has 1 aliphatic rings. The number of imidazole rings is 1. The normalized spacial score (nSPS) is 15.5. The van der Waals surface area contributed by atoms with Gasteiger partial charge in [0.25, 0.3) is 0 Å². The van der Waals surface area contributed by atoms with Crippen LogP contribution in [-0.4, -0.2) is 52.2 Å². The minimum atomic E-state index is -0.237. The third kappa shape index (κ3) is 5.73. The predicted octanol–water partition coefficient (Wildman–Crippen LogP) is 1.96. The van der Waals surface area contributed by atoms with Gasteiger partial charge < -0.3 is 25.3 Å². The van der Waals surface area contributed by atoms with Crippen LogP contribution >= 0.6 is 0 Å². The number of hydrogen-bond acceptors (Lipinski definition) is 4. The van der Waals surface area contributed by atoms with Crippen molar-refractivity contribution in [1.82, 2.24) is 19.8 Å². The van der Waals surface area contributed by atoms with E-state index in [1.807, 2.05) is 24.0 Å². The first-order chi connectivity index (χ1) is 13.6.